The number of rotatable bonds is 12. The first kappa shape index (κ1) is 21.9. The highest BCUT2D eigenvalue weighted by Gasteiger charge is 2.39. The molecule has 1 saturated carbocycles. The number of allylic oxidation sites excluding steroid dienone is 2. The van der Waals surface area contributed by atoms with Crippen LogP contribution < -0.4 is 0 Å². The molecule has 4 N–H and O–H groups in total. The lowest BCUT2D eigenvalue weighted by molar-refractivity contribution is -0.137. The van der Waals surface area contributed by atoms with Gasteiger partial charge in [-0.25, -0.2) is 0 Å². The van der Waals surface area contributed by atoms with Gasteiger partial charge in [-0.05, 0) is 31.6 Å². The van der Waals surface area contributed by atoms with Gasteiger partial charge in [0.1, 0.15) is 0 Å². The lowest BCUT2D eigenvalue weighted by Gasteiger charge is -2.19. The molecule has 0 spiro atoms. The quantitative estimate of drug-likeness (QED) is 0.319. The molecule has 0 aromatic heterocycles. The zero-order chi connectivity index (χ0) is 18.7. The molecule has 0 aliphatic heterocycles. The standard InChI is InChI=1S/C20H34O5/c1-2-3-6-9-15(21)12-13-17-16(18(22)14-19(17)23)10-7-4-5-8-11-20(24)25/h4,7,12-13,15-19,21-23H,2-3,5-6,8-11,14H2,1H3,(H,24,25)/b7-4-,13-12+/t15?,16-,17-,18+,19-/m1/s1. The molecule has 1 fully saturated rings. The lowest BCUT2D eigenvalue weighted by Crippen LogP contribution is -2.20. The average molecular weight is 354 g/mol. The highest BCUT2D eigenvalue weighted by Crippen LogP contribution is 2.36. The maximum absolute atomic E-state index is 10.5. The summed E-state index contributed by atoms with van der Waals surface area (Å²) in [6.07, 6.45) is 12.3. The van der Waals surface area contributed by atoms with E-state index in [0.717, 1.165) is 25.7 Å². The van der Waals surface area contributed by atoms with Crippen molar-refractivity contribution in [2.75, 3.05) is 0 Å². The highest BCUT2D eigenvalue weighted by atomic mass is 16.4. The third-order valence-corrected chi connectivity index (χ3v) is 4.91. The molecule has 0 amide bonds. The zero-order valence-electron chi connectivity index (χ0n) is 15.3. The van der Waals surface area contributed by atoms with Gasteiger partial charge >= 0.3 is 5.97 Å². The maximum Gasteiger partial charge on any atom is 0.303 e. The maximum atomic E-state index is 10.5. The molecular formula is C20H34O5. The average Bonchev–Trinajstić information content (AvgIpc) is 2.82. The van der Waals surface area contributed by atoms with Crippen molar-refractivity contribution in [1.29, 1.82) is 0 Å². The first-order chi connectivity index (χ1) is 12.0. The molecular weight excluding hydrogens is 320 g/mol. The fraction of sp³-hybridized carbons (Fsp3) is 0.750. The number of hydrogen-bond donors (Lipinski definition) is 4. The minimum absolute atomic E-state index is 0.0650. The van der Waals surface area contributed by atoms with Crippen LogP contribution in [0.2, 0.25) is 0 Å². The number of unbranched alkanes of at least 4 members (excludes halogenated alkanes) is 3. The van der Waals surface area contributed by atoms with E-state index in [-0.39, 0.29) is 18.3 Å². The van der Waals surface area contributed by atoms with Crippen LogP contribution in [0.5, 0.6) is 0 Å². The molecule has 0 radical (unpaired) electrons. The third-order valence-electron chi connectivity index (χ3n) is 4.91. The van der Waals surface area contributed by atoms with Crippen molar-refractivity contribution < 1.29 is 25.2 Å². The predicted octanol–water partition coefficient (Wildman–Crippen LogP) is 3.04. The molecule has 5 nitrogen and oxygen atoms in total. The van der Waals surface area contributed by atoms with E-state index in [1.165, 1.54) is 0 Å². The van der Waals surface area contributed by atoms with Crippen molar-refractivity contribution in [1.82, 2.24) is 0 Å². The number of aliphatic hydroxyl groups excluding tert-OH is 3. The van der Waals surface area contributed by atoms with Crippen LogP contribution in [-0.4, -0.2) is 44.7 Å². The second-order valence-corrected chi connectivity index (χ2v) is 7.05. The summed E-state index contributed by atoms with van der Waals surface area (Å²) in [6.45, 7) is 2.12. The third kappa shape index (κ3) is 8.66. The van der Waals surface area contributed by atoms with Crippen molar-refractivity contribution in [3.05, 3.63) is 24.3 Å². The van der Waals surface area contributed by atoms with E-state index in [1.54, 1.807) is 6.08 Å². The van der Waals surface area contributed by atoms with Gasteiger partial charge in [-0.1, -0.05) is 50.5 Å². The Labute approximate surface area is 151 Å². The SMILES string of the molecule is CCCCCC(O)/C=C/[C@@H]1[C@@H](C/C=C\CCCC(=O)O)[C@@H](O)C[C@H]1O. The van der Waals surface area contributed by atoms with Crippen molar-refractivity contribution in [2.45, 2.75) is 83.0 Å². The number of carboxylic acids is 1. The van der Waals surface area contributed by atoms with Gasteiger partial charge in [0.25, 0.3) is 0 Å². The Morgan fingerprint density at radius 3 is 2.60 bits per heavy atom. The Balaban J connectivity index is 2.46. The van der Waals surface area contributed by atoms with Crippen LogP contribution in [0.15, 0.2) is 24.3 Å². The van der Waals surface area contributed by atoms with Crippen LogP contribution in [0.1, 0.15) is 64.7 Å². The summed E-state index contributed by atoms with van der Waals surface area (Å²) in [5.41, 5.74) is 0. The Hall–Kier alpha value is -1.17. The molecule has 5 atom stereocenters. The summed E-state index contributed by atoms with van der Waals surface area (Å²) in [5, 5.41) is 39.0. The molecule has 0 heterocycles. The van der Waals surface area contributed by atoms with Crippen molar-refractivity contribution >= 4 is 5.97 Å². The van der Waals surface area contributed by atoms with E-state index < -0.39 is 24.3 Å². The van der Waals surface area contributed by atoms with E-state index in [1.807, 2.05) is 18.2 Å². The molecule has 0 saturated heterocycles. The fourth-order valence-electron chi connectivity index (χ4n) is 3.41. The normalized spacial score (nSPS) is 28.2. The summed E-state index contributed by atoms with van der Waals surface area (Å²) in [7, 11) is 0. The van der Waals surface area contributed by atoms with Crippen molar-refractivity contribution in [3.8, 4) is 0 Å². The van der Waals surface area contributed by atoms with Crippen LogP contribution >= 0.6 is 0 Å². The molecule has 0 aromatic carbocycles. The van der Waals surface area contributed by atoms with Gasteiger partial charge in [0, 0.05) is 18.8 Å². The van der Waals surface area contributed by atoms with Crippen molar-refractivity contribution in [3.63, 3.8) is 0 Å². The van der Waals surface area contributed by atoms with E-state index in [2.05, 4.69) is 6.92 Å². The van der Waals surface area contributed by atoms with Crippen molar-refractivity contribution in [2.24, 2.45) is 11.8 Å². The molecule has 5 heteroatoms. The van der Waals surface area contributed by atoms with Gasteiger partial charge < -0.3 is 20.4 Å². The molecule has 0 bridgehead atoms. The first-order valence-electron chi connectivity index (χ1n) is 9.55. The summed E-state index contributed by atoms with van der Waals surface area (Å²) in [6, 6.07) is 0. The minimum Gasteiger partial charge on any atom is -0.481 e. The van der Waals surface area contributed by atoms with Gasteiger partial charge in [0.05, 0.1) is 18.3 Å². The van der Waals surface area contributed by atoms with E-state index in [0.29, 0.717) is 25.7 Å². The molecule has 1 aliphatic carbocycles. The zero-order valence-corrected chi connectivity index (χ0v) is 15.3. The molecule has 0 aromatic rings. The Morgan fingerprint density at radius 2 is 1.92 bits per heavy atom. The van der Waals surface area contributed by atoms with Gasteiger partial charge in [0.2, 0.25) is 0 Å². The van der Waals surface area contributed by atoms with Crippen LogP contribution in [0.4, 0.5) is 0 Å². The second-order valence-electron chi connectivity index (χ2n) is 7.05. The van der Waals surface area contributed by atoms with Gasteiger partial charge in [-0.15, -0.1) is 0 Å². The van der Waals surface area contributed by atoms with E-state index in [9.17, 15) is 20.1 Å². The topological polar surface area (TPSA) is 98.0 Å². The van der Waals surface area contributed by atoms with Crippen LogP contribution in [-0.2, 0) is 4.79 Å². The summed E-state index contributed by atoms with van der Waals surface area (Å²) >= 11 is 0. The second kappa shape index (κ2) is 12.2. The molecule has 1 aliphatic rings. The number of carbonyl (C=O) groups is 1. The molecule has 1 unspecified atom stereocenters. The number of aliphatic hydroxyl groups is 3. The number of aliphatic carboxylic acids is 1. The summed E-state index contributed by atoms with van der Waals surface area (Å²) in [5.74, 6) is -1.00. The van der Waals surface area contributed by atoms with Gasteiger partial charge in [-0.2, -0.15) is 0 Å². The smallest absolute Gasteiger partial charge is 0.303 e. The highest BCUT2D eigenvalue weighted by molar-refractivity contribution is 5.66. The Kier molecular flexibility index (Phi) is 10.7. The first-order valence-corrected chi connectivity index (χ1v) is 9.55. The molecule has 144 valence electrons. The van der Waals surface area contributed by atoms with Crippen LogP contribution in [0.3, 0.4) is 0 Å². The van der Waals surface area contributed by atoms with Gasteiger partial charge in [-0.3, -0.25) is 4.79 Å². The monoisotopic (exact) mass is 354 g/mol. The number of hydrogen-bond acceptors (Lipinski definition) is 4. The fourth-order valence-corrected chi connectivity index (χ4v) is 3.41. The summed E-state index contributed by atoms with van der Waals surface area (Å²) in [4.78, 5) is 10.5. The minimum atomic E-state index is -0.787. The Morgan fingerprint density at radius 1 is 1.16 bits per heavy atom. The number of carboxylic acid groups (broad SMARTS) is 1. The Bertz CT molecular complexity index is 432. The predicted molar refractivity (Wildman–Crippen MR) is 98.1 cm³/mol. The van der Waals surface area contributed by atoms with Crippen LogP contribution in [0, 0.1) is 11.8 Å². The lowest BCUT2D eigenvalue weighted by atomic mass is 9.89. The van der Waals surface area contributed by atoms with Gasteiger partial charge in [0.15, 0.2) is 0 Å². The molecule has 25 heavy (non-hydrogen) atoms. The van der Waals surface area contributed by atoms with E-state index >= 15 is 0 Å². The largest absolute Gasteiger partial charge is 0.481 e. The van der Waals surface area contributed by atoms with Crippen LogP contribution in [0.25, 0.3) is 0 Å². The summed E-state index contributed by atoms with van der Waals surface area (Å²) < 4.78 is 0. The molecule has 1 rings (SSSR count). The van der Waals surface area contributed by atoms with E-state index in [4.69, 9.17) is 5.11 Å².